The second kappa shape index (κ2) is 8.09. The van der Waals surface area contributed by atoms with E-state index in [0.717, 1.165) is 12.1 Å². The number of ether oxygens (including phenoxy) is 1. The van der Waals surface area contributed by atoms with Crippen LogP contribution in [-0.2, 0) is 20.5 Å². The van der Waals surface area contributed by atoms with Gasteiger partial charge in [0, 0.05) is 11.4 Å². The lowest BCUT2D eigenvalue weighted by atomic mass is 10.2. The van der Waals surface area contributed by atoms with Crippen LogP contribution in [-0.4, -0.2) is 24.9 Å². The molecule has 0 fully saturated rings. The summed E-state index contributed by atoms with van der Waals surface area (Å²) < 4.78 is 43.0. The van der Waals surface area contributed by atoms with E-state index in [0.29, 0.717) is 6.07 Å². The summed E-state index contributed by atoms with van der Waals surface area (Å²) in [5, 5.41) is 3.78. The van der Waals surface area contributed by atoms with Crippen LogP contribution < -0.4 is 10.6 Å². The molecule has 0 radical (unpaired) electrons. The molecule has 0 atom stereocenters. The molecular weight excluding hydrogens is 389 g/mol. The quantitative estimate of drug-likeness (QED) is 0.607. The average Bonchev–Trinajstić information content (AvgIpc) is 2.62. The highest BCUT2D eigenvalue weighted by atomic mass is 35.5. The third-order valence-corrected chi connectivity index (χ3v) is 3.63. The van der Waals surface area contributed by atoms with Crippen LogP contribution in [0.3, 0.4) is 0 Å². The number of halogens is 4. The van der Waals surface area contributed by atoms with Crippen LogP contribution in [0.25, 0.3) is 0 Å². The summed E-state index contributed by atoms with van der Waals surface area (Å²) in [7, 11) is 1.21. The molecule has 0 saturated carbocycles. The van der Waals surface area contributed by atoms with Crippen molar-refractivity contribution in [3.05, 3.63) is 58.6 Å². The lowest BCUT2D eigenvalue weighted by molar-refractivity contribution is -0.137. The first-order valence-electron chi connectivity index (χ1n) is 7.29. The van der Waals surface area contributed by atoms with Gasteiger partial charge in [0.05, 0.1) is 23.3 Å². The van der Waals surface area contributed by atoms with E-state index < -0.39 is 34.5 Å². The molecule has 2 N–H and O–H groups in total. The summed E-state index contributed by atoms with van der Waals surface area (Å²) in [6.07, 6.45) is -4.71. The van der Waals surface area contributed by atoms with E-state index in [2.05, 4.69) is 15.4 Å². The molecule has 142 valence electrons. The van der Waals surface area contributed by atoms with Gasteiger partial charge >= 0.3 is 24.0 Å². The van der Waals surface area contributed by atoms with Gasteiger partial charge in [-0.05, 0) is 42.5 Å². The van der Waals surface area contributed by atoms with Crippen LogP contribution in [0.4, 0.5) is 24.5 Å². The molecule has 2 amide bonds. The molecule has 6 nitrogen and oxygen atoms in total. The Morgan fingerprint density at radius 3 is 1.96 bits per heavy atom. The largest absolute Gasteiger partial charge is 0.465 e. The molecule has 0 aromatic heterocycles. The maximum absolute atomic E-state index is 12.8. The Morgan fingerprint density at radius 2 is 1.44 bits per heavy atom. The summed E-state index contributed by atoms with van der Waals surface area (Å²) in [6, 6.07) is 8.18. The summed E-state index contributed by atoms with van der Waals surface area (Å²) in [5.74, 6) is -2.86. The Labute approximate surface area is 156 Å². The fourth-order valence-corrected chi connectivity index (χ4v) is 2.23. The topological polar surface area (TPSA) is 84.5 Å². The van der Waals surface area contributed by atoms with Crippen molar-refractivity contribution in [2.24, 2.45) is 0 Å². The highest BCUT2D eigenvalue weighted by Crippen LogP contribution is 2.36. The average molecular weight is 401 g/mol. The second-order valence-corrected chi connectivity index (χ2v) is 5.58. The van der Waals surface area contributed by atoms with Gasteiger partial charge in [-0.2, -0.15) is 13.2 Å². The van der Waals surface area contributed by atoms with Crippen molar-refractivity contribution >= 4 is 40.8 Å². The molecule has 10 heteroatoms. The number of rotatable bonds is 3. The number of esters is 1. The van der Waals surface area contributed by atoms with Crippen molar-refractivity contribution in [1.29, 1.82) is 0 Å². The predicted molar refractivity (Wildman–Crippen MR) is 91.5 cm³/mol. The Balaban J connectivity index is 2.06. The van der Waals surface area contributed by atoms with Crippen LogP contribution in [0, 0.1) is 0 Å². The van der Waals surface area contributed by atoms with E-state index in [9.17, 15) is 27.6 Å². The molecule has 2 rings (SSSR count). The van der Waals surface area contributed by atoms with E-state index in [-0.39, 0.29) is 16.9 Å². The van der Waals surface area contributed by atoms with Crippen molar-refractivity contribution in [2.45, 2.75) is 6.18 Å². The smallest absolute Gasteiger partial charge is 0.417 e. The minimum Gasteiger partial charge on any atom is -0.465 e. The monoisotopic (exact) mass is 400 g/mol. The first-order chi connectivity index (χ1) is 12.6. The predicted octanol–water partition coefficient (Wildman–Crippen LogP) is 3.72. The Kier molecular flexibility index (Phi) is 6.06. The second-order valence-electron chi connectivity index (χ2n) is 5.17. The summed E-state index contributed by atoms with van der Waals surface area (Å²) >= 11 is 5.49. The number of hydrogen-bond acceptors (Lipinski definition) is 4. The zero-order valence-corrected chi connectivity index (χ0v) is 14.4. The number of anilines is 2. The van der Waals surface area contributed by atoms with Gasteiger partial charge in [-0.25, -0.2) is 4.79 Å². The van der Waals surface area contributed by atoms with E-state index in [4.69, 9.17) is 11.6 Å². The van der Waals surface area contributed by atoms with Gasteiger partial charge < -0.3 is 15.4 Å². The van der Waals surface area contributed by atoms with Gasteiger partial charge in [-0.1, -0.05) is 11.6 Å². The van der Waals surface area contributed by atoms with Crippen molar-refractivity contribution in [3.8, 4) is 0 Å². The number of hydrogen-bond donors (Lipinski definition) is 2. The Bertz CT molecular complexity index is 883. The number of benzene rings is 2. The lowest BCUT2D eigenvalue weighted by Gasteiger charge is -2.12. The first-order valence-corrected chi connectivity index (χ1v) is 7.67. The lowest BCUT2D eigenvalue weighted by Crippen LogP contribution is -2.29. The molecule has 0 spiro atoms. The third-order valence-electron chi connectivity index (χ3n) is 3.30. The fourth-order valence-electron chi connectivity index (χ4n) is 2.00. The van der Waals surface area contributed by atoms with E-state index in [1.165, 1.54) is 31.4 Å². The molecule has 0 heterocycles. The summed E-state index contributed by atoms with van der Waals surface area (Å²) in [5.41, 5.74) is -0.940. The normalized spacial score (nSPS) is 10.9. The molecule has 27 heavy (non-hydrogen) atoms. The highest BCUT2D eigenvalue weighted by molar-refractivity contribution is 6.43. The number of carbonyl (C=O) groups excluding carboxylic acids is 3. The molecule has 0 saturated heterocycles. The van der Waals surface area contributed by atoms with Gasteiger partial charge in [0.2, 0.25) is 0 Å². The molecule has 2 aromatic rings. The van der Waals surface area contributed by atoms with Crippen molar-refractivity contribution in [3.63, 3.8) is 0 Å². The number of alkyl halides is 3. The molecule has 0 aliphatic carbocycles. The van der Waals surface area contributed by atoms with Crippen molar-refractivity contribution in [1.82, 2.24) is 0 Å². The Morgan fingerprint density at radius 1 is 0.926 bits per heavy atom. The molecule has 0 unspecified atom stereocenters. The Hall–Kier alpha value is -3.07. The molecule has 0 aliphatic heterocycles. The molecule has 0 bridgehead atoms. The van der Waals surface area contributed by atoms with Crippen LogP contribution in [0.1, 0.15) is 15.9 Å². The minimum absolute atomic E-state index is 0.204. The zero-order valence-electron chi connectivity index (χ0n) is 13.7. The van der Waals surface area contributed by atoms with E-state index >= 15 is 0 Å². The fraction of sp³-hybridized carbons (Fsp3) is 0.118. The third kappa shape index (κ3) is 5.20. The molecule has 0 aliphatic rings. The van der Waals surface area contributed by atoms with Gasteiger partial charge in [0.1, 0.15) is 0 Å². The standard InChI is InChI=1S/C17H12ClF3N2O4/c1-27-16(26)9-2-4-10(5-3-9)22-14(24)15(25)23-11-6-7-13(18)12(8-11)17(19,20)21/h2-8H,1H3,(H,22,24)(H,23,25). The van der Waals surface area contributed by atoms with E-state index in [1.807, 2.05) is 0 Å². The summed E-state index contributed by atoms with van der Waals surface area (Å²) in [4.78, 5) is 35.1. The van der Waals surface area contributed by atoms with Crippen molar-refractivity contribution < 1.29 is 32.3 Å². The van der Waals surface area contributed by atoms with Gasteiger partial charge in [-0.15, -0.1) is 0 Å². The number of amides is 2. The highest BCUT2D eigenvalue weighted by Gasteiger charge is 2.33. The van der Waals surface area contributed by atoms with Crippen molar-refractivity contribution in [2.75, 3.05) is 17.7 Å². The van der Waals surface area contributed by atoms with Crippen LogP contribution >= 0.6 is 11.6 Å². The van der Waals surface area contributed by atoms with Crippen LogP contribution in [0.2, 0.25) is 5.02 Å². The first kappa shape index (κ1) is 20.2. The van der Waals surface area contributed by atoms with Gasteiger partial charge in [-0.3, -0.25) is 9.59 Å². The van der Waals surface area contributed by atoms with Crippen LogP contribution in [0.15, 0.2) is 42.5 Å². The number of carbonyl (C=O) groups is 3. The molecule has 2 aromatic carbocycles. The number of nitrogens with one attached hydrogen (secondary N) is 2. The number of methoxy groups -OCH3 is 1. The van der Waals surface area contributed by atoms with Crippen LogP contribution in [0.5, 0.6) is 0 Å². The SMILES string of the molecule is COC(=O)c1ccc(NC(=O)C(=O)Nc2ccc(Cl)c(C(F)(F)F)c2)cc1. The maximum Gasteiger partial charge on any atom is 0.417 e. The summed E-state index contributed by atoms with van der Waals surface area (Å²) in [6.45, 7) is 0. The minimum atomic E-state index is -4.71. The zero-order chi connectivity index (χ0) is 20.2. The molecular formula is C17H12ClF3N2O4. The van der Waals surface area contributed by atoms with Gasteiger partial charge in [0.15, 0.2) is 0 Å². The van der Waals surface area contributed by atoms with E-state index in [1.54, 1.807) is 0 Å². The van der Waals surface area contributed by atoms with Gasteiger partial charge in [0.25, 0.3) is 0 Å². The maximum atomic E-state index is 12.8.